The van der Waals surface area contributed by atoms with Crippen molar-refractivity contribution in [3.63, 3.8) is 0 Å². The summed E-state index contributed by atoms with van der Waals surface area (Å²) in [6.07, 6.45) is 17.6. The molecule has 0 atom stereocenters. The second-order valence-electron chi connectivity index (χ2n) is 20.4. The minimum atomic E-state index is 0. The molecular weight excluding hydrogens is 528 g/mol. The van der Waals surface area contributed by atoms with Crippen LogP contribution in [0.5, 0.6) is 0 Å². The van der Waals surface area contributed by atoms with Crippen LogP contribution in [-0.2, 0) is 0 Å². The molecule has 0 saturated heterocycles. The lowest BCUT2D eigenvalue weighted by molar-refractivity contribution is 0.180. The summed E-state index contributed by atoms with van der Waals surface area (Å²) in [7, 11) is 0. The Morgan fingerprint density at radius 1 is 0.409 bits per heavy atom. The molecule has 0 aromatic carbocycles. The van der Waals surface area contributed by atoms with E-state index in [1.165, 1.54) is 77.0 Å². The van der Waals surface area contributed by atoms with Gasteiger partial charge in [0.15, 0.2) is 0 Å². The first-order valence-electron chi connectivity index (χ1n) is 18.2. The van der Waals surface area contributed by atoms with E-state index >= 15 is 0 Å². The molecule has 3 aliphatic carbocycles. The summed E-state index contributed by atoms with van der Waals surface area (Å²) >= 11 is 0. The van der Waals surface area contributed by atoms with Crippen LogP contribution < -0.4 is 0 Å². The normalized spacial score (nSPS) is 17.9. The van der Waals surface area contributed by atoms with Gasteiger partial charge in [-0.2, -0.15) is 0 Å². The fraction of sp³-hybridized carbons (Fsp3) is 1.00. The smallest absolute Gasteiger partial charge is 0.0354 e. The third kappa shape index (κ3) is 32.0. The van der Waals surface area contributed by atoms with E-state index in [-0.39, 0.29) is 22.3 Å². The predicted molar refractivity (Wildman–Crippen MR) is 213 cm³/mol. The Bertz CT molecular complexity index is 585. The van der Waals surface area contributed by atoms with E-state index in [2.05, 4.69) is 132 Å². The van der Waals surface area contributed by atoms with Gasteiger partial charge >= 0.3 is 0 Å². The van der Waals surface area contributed by atoms with E-state index in [0.717, 1.165) is 29.6 Å². The molecule has 274 valence electrons. The molecule has 0 unspecified atom stereocenters. The summed E-state index contributed by atoms with van der Waals surface area (Å²) in [5.41, 5.74) is 2.78. The second-order valence-corrected chi connectivity index (χ2v) is 20.4. The third-order valence-corrected chi connectivity index (χ3v) is 9.96. The van der Waals surface area contributed by atoms with Crippen LogP contribution in [0.15, 0.2) is 0 Å². The standard InChI is InChI=1S/C10H20.C9H18.C8H18.C7H14.C7H16.3CH4/c1-10(2,3)9-7-5-4-6-8-9;1-9(2,3)8-6-4-5-7-8;1-7(2)6-8(3,4)5;1-7(2,3)6-4-5-6;1-6(2)7(3,4)5;;;/h9H,4-8H2,1-3H3;8H,4-7H2,1-3H3;7H,6H2,1-5H3;6H,4-5H2,1-3H3;6H,1-5H3;3*1H4. The zero-order valence-corrected chi connectivity index (χ0v) is 32.9. The molecule has 3 rings (SSSR count). The summed E-state index contributed by atoms with van der Waals surface area (Å²) in [6.45, 7) is 43.9. The van der Waals surface area contributed by atoms with E-state index in [0.29, 0.717) is 27.1 Å². The van der Waals surface area contributed by atoms with Crippen molar-refractivity contribution in [1.82, 2.24) is 0 Å². The Hall–Kier alpha value is 0. The topological polar surface area (TPSA) is 0 Å². The van der Waals surface area contributed by atoms with Crippen molar-refractivity contribution in [3.05, 3.63) is 0 Å². The summed E-state index contributed by atoms with van der Waals surface area (Å²) in [5, 5.41) is 0. The highest BCUT2D eigenvalue weighted by Gasteiger charge is 2.33. The van der Waals surface area contributed by atoms with Gasteiger partial charge in [-0.15, -0.1) is 0 Å². The van der Waals surface area contributed by atoms with E-state index in [1.54, 1.807) is 0 Å². The molecule has 3 saturated carbocycles. The summed E-state index contributed by atoms with van der Waals surface area (Å²) in [4.78, 5) is 0. The first-order chi connectivity index (χ1) is 18.2. The third-order valence-electron chi connectivity index (χ3n) is 9.96. The van der Waals surface area contributed by atoms with Gasteiger partial charge in [0.05, 0.1) is 0 Å². The monoisotopic (exact) mass is 627 g/mol. The van der Waals surface area contributed by atoms with Gasteiger partial charge in [-0.3, -0.25) is 0 Å². The maximum absolute atomic E-state index is 2.38. The molecule has 0 N–H and O–H groups in total. The highest BCUT2D eigenvalue weighted by atomic mass is 14.4. The van der Waals surface area contributed by atoms with Crippen molar-refractivity contribution in [2.75, 3.05) is 0 Å². The minimum Gasteiger partial charge on any atom is -0.0776 e. The fourth-order valence-corrected chi connectivity index (χ4v) is 5.93. The molecule has 0 radical (unpaired) electrons. The number of hydrogen-bond donors (Lipinski definition) is 0. The molecule has 0 aliphatic heterocycles. The van der Waals surface area contributed by atoms with Gasteiger partial charge in [-0.25, -0.2) is 0 Å². The van der Waals surface area contributed by atoms with Crippen LogP contribution in [0.3, 0.4) is 0 Å². The fourth-order valence-electron chi connectivity index (χ4n) is 5.93. The Labute approximate surface area is 286 Å². The Morgan fingerprint density at radius 2 is 0.636 bits per heavy atom. The average Bonchev–Trinajstić information content (AvgIpc) is 3.47. The Balaban J connectivity index is -0.000000143. The largest absolute Gasteiger partial charge is 0.0776 e. The van der Waals surface area contributed by atoms with Gasteiger partial charge in [0.2, 0.25) is 0 Å². The molecule has 0 bridgehead atoms. The van der Waals surface area contributed by atoms with E-state index < -0.39 is 0 Å². The molecular formula is C44H98. The van der Waals surface area contributed by atoms with Gasteiger partial charge in [0.1, 0.15) is 0 Å². The van der Waals surface area contributed by atoms with E-state index in [4.69, 9.17) is 0 Å². The average molecular weight is 627 g/mol. The van der Waals surface area contributed by atoms with Crippen LogP contribution in [0.1, 0.15) is 231 Å². The van der Waals surface area contributed by atoms with Gasteiger partial charge in [0, 0.05) is 0 Å². The molecule has 0 spiro atoms. The second kappa shape index (κ2) is 23.3. The first kappa shape index (κ1) is 53.5. The highest BCUT2D eigenvalue weighted by Crippen LogP contribution is 2.44. The summed E-state index contributed by atoms with van der Waals surface area (Å²) < 4.78 is 0. The van der Waals surface area contributed by atoms with E-state index in [9.17, 15) is 0 Å². The van der Waals surface area contributed by atoms with Crippen LogP contribution in [0, 0.1) is 56.7 Å². The van der Waals surface area contributed by atoms with Gasteiger partial charge < -0.3 is 0 Å². The van der Waals surface area contributed by atoms with Crippen molar-refractivity contribution in [2.45, 2.75) is 231 Å². The van der Waals surface area contributed by atoms with Crippen molar-refractivity contribution < 1.29 is 0 Å². The highest BCUT2D eigenvalue weighted by molar-refractivity contribution is 4.84. The van der Waals surface area contributed by atoms with Crippen molar-refractivity contribution in [1.29, 1.82) is 0 Å². The van der Waals surface area contributed by atoms with Crippen LogP contribution >= 0.6 is 0 Å². The summed E-state index contributed by atoms with van der Waals surface area (Å²) in [5.74, 6) is 4.70. The maximum Gasteiger partial charge on any atom is -0.0354 e. The minimum absolute atomic E-state index is 0. The molecule has 0 heteroatoms. The van der Waals surface area contributed by atoms with Gasteiger partial charge in [0.25, 0.3) is 0 Å². The van der Waals surface area contributed by atoms with Gasteiger partial charge in [-0.1, -0.05) is 186 Å². The lowest BCUT2D eigenvalue weighted by atomic mass is 9.72. The zero-order valence-electron chi connectivity index (χ0n) is 32.9. The van der Waals surface area contributed by atoms with Crippen LogP contribution in [0.25, 0.3) is 0 Å². The molecule has 0 nitrogen and oxygen atoms in total. The maximum atomic E-state index is 2.38. The lowest BCUT2D eigenvalue weighted by Crippen LogP contribution is -2.22. The molecule has 0 aromatic rings. The molecule has 0 heterocycles. The van der Waals surface area contributed by atoms with Crippen molar-refractivity contribution >= 4 is 0 Å². The van der Waals surface area contributed by atoms with E-state index in [1.807, 2.05) is 0 Å². The Kier molecular flexibility index (Phi) is 28.4. The summed E-state index contributed by atoms with van der Waals surface area (Å²) in [6, 6.07) is 0. The van der Waals surface area contributed by atoms with Crippen LogP contribution in [-0.4, -0.2) is 0 Å². The van der Waals surface area contributed by atoms with Crippen molar-refractivity contribution in [3.8, 4) is 0 Å². The first-order valence-corrected chi connectivity index (χ1v) is 18.2. The Morgan fingerprint density at radius 3 is 0.727 bits per heavy atom. The molecule has 0 aromatic heterocycles. The van der Waals surface area contributed by atoms with Crippen LogP contribution in [0.4, 0.5) is 0 Å². The number of rotatable bonds is 1. The zero-order chi connectivity index (χ0) is 32.9. The van der Waals surface area contributed by atoms with Crippen LogP contribution in [0.2, 0.25) is 0 Å². The molecule has 0 amide bonds. The predicted octanol–water partition coefficient (Wildman–Crippen LogP) is 17.0. The molecule has 3 fully saturated rings. The SMILES string of the molecule is C.C.C.CC(C)(C)C1CC1.CC(C)(C)C1CCCC1.CC(C)(C)C1CCCCC1.CC(C)C(C)(C)C.CC(C)CC(C)(C)C. The molecule has 3 aliphatic rings. The van der Waals surface area contributed by atoms with Crippen molar-refractivity contribution in [2.24, 2.45) is 56.7 Å². The number of hydrogen-bond acceptors (Lipinski definition) is 0. The van der Waals surface area contributed by atoms with Gasteiger partial charge in [-0.05, 0) is 102 Å². The lowest BCUT2D eigenvalue weighted by Gasteiger charge is -2.33. The molecule has 44 heavy (non-hydrogen) atoms. The quantitative estimate of drug-likeness (QED) is 0.271.